The number of hydrazone groups is 1. The number of hydrogen-bond donors (Lipinski definition) is 2. The number of aromatic amines is 1. The normalized spacial score (nSPS) is 11.5. The van der Waals surface area contributed by atoms with E-state index in [9.17, 15) is 4.79 Å². The first-order chi connectivity index (χ1) is 11.8. The third-order valence-corrected chi connectivity index (χ3v) is 3.67. The zero-order chi connectivity index (χ0) is 18.6. The van der Waals surface area contributed by atoms with E-state index in [2.05, 4.69) is 20.5 Å². The van der Waals surface area contributed by atoms with Crippen LogP contribution in [0.3, 0.4) is 0 Å². The van der Waals surface area contributed by atoms with Crippen LogP contribution in [0.2, 0.25) is 10.0 Å². The second kappa shape index (κ2) is 8.36. The Kier molecular flexibility index (Phi) is 6.45. The second-order valence-electron chi connectivity index (χ2n) is 6.02. The van der Waals surface area contributed by atoms with Crippen molar-refractivity contribution in [3.63, 3.8) is 0 Å². The Morgan fingerprint density at radius 3 is 2.40 bits per heavy atom. The monoisotopic (exact) mass is 382 g/mol. The van der Waals surface area contributed by atoms with E-state index in [1.54, 1.807) is 12.1 Å². The number of nitrogens with one attached hydrogen (secondary N) is 2. The molecule has 1 aromatic carbocycles. The van der Waals surface area contributed by atoms with Gasteiger partial charge in [0, 0.05) is 6.07 Å². The minimum atomic E-state index is -0.238. The van der Waals surface area contributed by atoms with Crippen LogP contribution in [0.25, 0.3) is 0 Å². The van der Waals surface area contributed by atoms with Crippen molar-refractivity contribution >= 4 is 35.4 Å². The average molecular weight is 383 g/mol. The third-order valence-electron chi connectivity index (χ3n) is 3.11. The summed E-state index contributed by atoms with van der Waals surface area (Å²) in [6, 6.07) is 4.85. The summed E-state index contributed by atoms with van der Waals surface area (Å²) < 4.78 is 5.58. The first kappa shape index (κ1) is 19.3. The van der Waals surface area contributed by atoms with Gasteiger partial charge in [-0.05, 0) is 37.5 Å². The Morgan fingerprint density at radius 2 is 1.84 bits per heavy atom. The van der Waals surface area contributed by atoms with Gasteiger partial charge in [-0.3, -0.25) is 9.78 Å². The fourth-order valence-electron chi connectivity index (χ4n) is 2.00. The molecular formula is C17H20Cl2N4O2. The van der Waals surface area contributed by atoms with Crippen molar-refractivity contribution < 1.29 is 4.74 Å². The molecule has 0 radical (unpaired) electrons. The van der Waals surface area contributed by atoms with Gasteiger partial charge in [-0.15, -0.1) is 0 Å². The summed E-state index contributed by atoms with van der Waals surface area (Å²) >= 11 is 12.4. The van der Waals surface area contributed by atoms with Gasteiger partial charge in [-0.25, -0.2) is 10.4 Å². The molecule has 0 spiro atoms. The molecule has 0 atom stereocenters. The van der Waals surface area contributed by atoms with Crippen LogP contribution < -0.4 is 15.7 Å². The zero-order valence-corrected chi connectivity index (χ0v) is 15.9. The van der Waals surface area contributed by atoms with E-state index in [4.69, 9.17) is 27.9 Å². The highest BCUT2D eigenvalue weighted by molar-refractivity contribution is 6.37. The van der Waals surface area contributed by atoms with E-state index in [0.29, 0.717) is 27.1 Å². The molecule has 6 nitrogen and oxygen atoms in total. The molecule has 134 valence electrons. The van der Waals surface area contributed by atoms with Crippen LogP contribution in [0.5, 0.6) is 5.75 Å². The van der Waals surface area contributed by atoms with Gasteiger partial charge in [-0.2, -0.15) is 5.10 Å². The highest BCUT2D eigenvalue weighted by atomic mass is 35.5. The summed E-state index contributed by atoms with van der Waals surface area (Å²) in [5.41, 5.74) is 3.83. The summed E-state index contributed by atoms with van der Waals surface area (Å²) in [5.74, 6) is 0.849. The fraction of sp³-hybridized carbons (Fsp3) is 0.353. The predicted octanol–water partition coefficient (Wildman–Crippen LogP) is 4.43. The summed E-state index contributed by atoms with van der Waals surface area (Å²) in [6.07, 6.45) is 1.49. The number of benzene rings is 1. The van der Waals surface area contributed by atoms with Gasteiger partial charge >= 0.3 is 0 Å². The van der Waals surface area contributed by atoms with E-state index in [-0.39, 0.29) is 23.5 Å². The number of H-pyrrole nitrogens is 1. The second-order valence-corrected chi connectivity index (χ2v) is 6.84. The lowest BCUT2D eigenvalue weighted by atomic mass is 10.1. The van der Waals surface area contributed by atoms with Crippen LogP contribution in [-0.2, 0) is 0 Å². The zero-order valence-electron chi connectivity index (χ0n) is 14.4. The minimum absolute atomic E-state index is 0.0349. The van der Waals surface area contributed by atoms with Crippen molar-refractivity contribution in [1.29, 1.82) is 0 Å². The quantitative estimate of drug-likeness (QED) is 0.571. The standard InChI is InChI=1S/C17H20Cl2N4O2/c1-9(2)14-7-15(24)22-17(21-14)23-20-8-11-5-12(18)16(13(19)6-11)25-10(3)4/h5-10H,1-4H3,(H2,21,22,23,24)/b20-8-. The number of rotatable bonds is 6. The van der Waals surface area contributed by atoms with Gasteiger partial charge in [0.2, 0.25) is 5.95 Å². The van der Waals surface area contributed by atoms with Gasteiger partial charge in [-0.1, -0.05) is 37.0 Å². The Labute approximate surface area is 156 Å². The molecule has 0 amide bonds. The van der Waals surface area contributed by atoms with Gasteiger partial charge in [0.25, 0.3) is 5.56 Å². The van der Waals surface area contributed by atoms with Crippen molar-refractivity contribution in [1.82, 2.24) is 9.97 Å². The maximum absolute atomic E-state index is 11.6. The summed E-state index contributed by atoms with van der Waals surface area (Å²) in [6.45, 7) is 7.70. The van der Waals surface area contributed by atoms with Crippen molar-refractivity contribution in [2.75, 3.05) is 5.43 Å². The maximum atomic E-state index is 11.6. The van der Waals surface area contributed by atoms with Crippen LogP contribution in [0, 0.1) is 0 Å². The molecule has 0 aliphatic rings. The lowest BCUT2D eigenvalue weighted by Gasteiger charge is -2.13. The maximum Gasteiger partial charge on any atom is 0.252 e. The van der Waals surface area contributed by atoms with E-state index in [0.717, 1.165) is 0 Å². The number of aromatic nitrogens is 2. The van der Waals surface area contributed by atoms with E-state index in [1.165, 1.54) is 12.3 Å². The molecule has 2 N–H and O–H groups in total. The molecule has 0 bridgehead atoms. The van der Waals surface area contributed by atoms with Crippen LogP contribution in [0.4, 0.5) is 5.95 Å². The number of nitrogens with zero attached hydrogens (tertiary/aromatic N) is 2. The topological polar surface area (TPSA) is 79.4 Å². The molecule has 1 aromatic heterocycles. The lowest BCUT2D eigenvalue weighted by Crippen LogP contribution is -2.12. The molecule has 1 heterocycles. The summed E-state index contributed by atoms with van der Waals surface area (Å²) in [7, 11) is 0. The Hall–Kier alpha value is -2.05. The van der Waals surface area contributed by atoms with Gasteiger partial charge in [0.1, 0.15) is 0 Å². The Morgan fingerprint density at radius 1 is 1.20 bits per heavy atom. The number of halogens is 2. The molecule has 0 aliphatic heterocycles. The van der Waals surface area contributed by atoms with Crippen molar-refractivity contribution in [2.45, 2.75) is 39.7 Å². The van der Waals surface area contributed by atoms with E-state index < -0.39 is 0 Å². The highest BCUT2D eigenvalue weighted by Gasteiger charge is 2.10. The van der Waals surface area contributed by atoms with Crippen LogP contribution in [0.15, 0.2) is 28.1 Å². The average Bonchev–Trinajstić information content (AvgIpc) is 2.50. The smallest absolute Gasteiger partial charge is 0.252 e. The van der Waals surface area contributed by atoms with Crippen LogP contribution in [0.1, 0.15) is 44.9 Å². The fourth-order valence-corrected chi connectivity index (χ4v) is 2.59. The minimum Gasteiger partial charge on any atom is -0.488 e. The van der Waals surface area contributed by atoms with E-state index in [1.807, 2.05) is 27.7 Å². The lowest BCUT2D eigenvalue weighted by molar-refractivity contribution is 0.243. The third kappa shape index (κ3) is 5.47. The Bertz CT molecular complexity index is 809. The number of anilines is 1. The molecule has 0 fully saturated rings. The highest BCUT2D eigenvalue weighted by Crippen LogP contribution is 2.34. The van der Waals surface area contributed by atoms with Gasteiger partial charge < -0.3 is 4.74 Å². The first-order valence-corrected chi connectivity index (χ1v) is 8.58. The molecule has 0 aliphatic carbocycles. The molecule has 0 unspecified atom stereocenters. The van der Waals surface area contributed by atoms with E-state index >= 15 is 0 Å². The van der Waals surface area contributed by atoms with Crippen molar-refractivity contribution in [2.24, 2.45) is 5.10 Å². The molecule has 8 heteroatoms. The van der Waals surface area contributed by atoms with Crippen LogP contribution >= 0.6 is 23.2 Å². The molecule has 0 saturated heterocycles. The largest absolute Gasteiger partial charge is 0.488 e. The molecular weight excluding hydrogens is 363 g/mol. The van der Waals surface area contributed by atoms with Crippen LogP contribution in [-0.4, -0.2) is 22.3 Å². The van der Waals surface area contributed by atoms with Crippen molar-refractivity contribution in [3.8, 4) is 5.75 Å². The first-order valence-electron chi connectivity index (χ1n) is 7.82. The van der Waals surface area contributed by atoms with Gasteiger partial charge in [0.05, 0.1) is 28.1 Å². The molecule has 2 aromatic rings. The summed E-state index contributed by atoms with van der Waals surface area (Å²) in [5, 5.41) is 4.86. The number of hydrogen-bond acceptors (Lipinski definition) is 5. The Balaban J connectivity index is 2.16. The predicted molar refractivity (Wildman–Crippen MR) is 102 cm³/mol. The molecule has 25 heavy (non-hydrogen) atoms. The molecule has 0 saturated carbocycles. The van der Waals surface area contributed by atoms with Gasteiger partial charge in [0.15, 0.2) is 5.75 Å². The summed E-state index contributed by atoms with van der Waals surface area (Å²) in [4.78, 5) is 18.5. The molecule has 2 rings (SSSR count). The SMILES string of the molecule is CC(C)Oc1c(Cl)cc(/C=N\Nc2nc(C(C)C)cc(=O)[nH]2)cc1Cl. The van der Waals surface area contributed by atoms with Crippen molar-refractivity contribution in [3.05, 3.63) is 49.9 Å². The number of ether oxygens (including phenoxy) is 1.